The molecule has 2 aromatic rings. The number of nitrogens with zero attached hydrogens (tertiary/aromatic N) is 8. The lowest BCUT2D eigenvalue weighted by Gasteiger charge is -2.49. The summed E-state index contributed by atoms with van der Waals surface area (Å²) >= 11 is 3.40. The highest BCUT2D eigenvalue weighted by molar-refractivity contribution is 8.01. The van der Waals surface area contributed by atoms with Crippen molar-refractivity contribution in [1.82, 2.24) is 35.4 Å². The summed E-state index contributed by atoms with van der Waals surface area (Å²) in [6.07, 6.45) is 3.49. The standard InChI is InChI=1S/C22H24N10O8S3/c23-21-24-12(8-42-21)13(28-40-10-3-1-2-4-10)16(33)25-14-17(34)32-15(20(37)38)9(6-41-18(14)32)7-43-22-26-29-30-31(22)5-11(27-39)19(35)36/h8,10,14,18,39H,1-7H2,(H2,23,24)(H,25,33)(H,35,36)(H,37,38)/b27-11-,28-13+. The zero-order chi connectivity index (χ0) is 30.7. The highest BCUT2D eigenvalue weighted by atomic mass is 32.2. The van der Waals surface area contributed by atoms with Gasteiger partial charge in [-0.2, -0.15) is 0 Å². The summed E-state index contributed by atoms with van der Waals surface area (Å²) in [5.74, 6) is -3.85. The molecule has 2 unspecified atom stereocenters. The SMILES string of the molecule is Nc1nc(/C(=N\OC2CCCC2)C(=O)NC2C(=O)N3C(C(=O)O)=C(CSc4nnnn4C/C(=N/O)C(=O)O)CSC23)cs1. The van der Waals surface area contributed by atoms with Gasteiger partial charge in [0.15, 0.2) is 16.6 Å². The quantitative estimate of drug-likeness (QED) is 0.0655. The third-order valence-corrected chi connectivity index (χ3v) is 9.71. The number of carboxylic acids is 2. The number of nitrogens with one attached hydrogen (secondary N) is 1. The lowest BCUT2D eigenvalue weighted by molar-refractivity contribution is -0.150. The fourth-order valence-electron chi connectivity index (χ4n) is 4.56. The van der Waals surface area contributed by atoms with Crippen LogP contribution in [0.5, 0.6) is 0 Å². The number of anilines is 1. The number of oxime groups is 2. The first-order valence-corrected chi connectivity index (χ1v) is 15.6. The van der Waals surface area contributed by atoms with E-state index in [9.17, 15) is 24.3 Å². The molecule has 228 valence electrons. The van der Waals surface area contributed by atoms with Crippen molar-refractivity contribution in [3.8, 4) is 0 Å². The van der Waals surface area contributed by atoms with E-state index in [2.05, 4.69) is 36.1 Å². The van der Waals surface area contributed by atoms with Crippen LogP contribution in [0.2, 0.25) is 0 Å². The Balaban J connectivity index is 1.28. The molecule has 3 aliphatic rings. The Kier molecular flexibility index (Phi) is 9.11. The second-order valence-corrected chi connectivity index (χ2v) is 12.3. The Morgan fingerprint density at radius 1 is 1.26 bits per heavy atom. The van der Waals surface area contributed by atoms with Gasteiger partial charge in [0, 0.05) is 16.9 Å². The van der Waals surface area contributed by atoms with Crippen molar-refractivity contribution >= 4 is 75.2 Å². The average molecular weight is 653 g/mol. The maximum Gasteiger partial charge on any atom is 0.355 e. The van der Waals surface area contributed by atoms with Crippen LogP contribution in [-0.4, -0.2) is 110 Å². The molecule has 6 N–H and O–H groups in total. The van der Waals surface area contributed by atoms with Crippen LogP contribution < -0.4 is 11.1 Å². The average Bonchev–Trinajstić information content (AvgIpc) is 3.76. The molecule has 43 heavy (non-hydrogen) atoms. The number of thiazole rings is 1. The van der Waals surface area contributed by atoms with Crippen molar-refractivity contribution < 1.29 is 39.4 Å². The monoisotopic (exact) mass is 652 g/mol. The maximum absolute atomic E-state index is 13.3. The molecule has 21 heteroatoms. The van der Waals surface area contributed by atoms with Crippen molar-refractivity contribution in [2.24, 2.45) is 10.3 Å². The zero-order valence-electron chi connectivity index (χ0n) is 22.0. The predicted octanol–water partition coefficient (Wildman–Crippen LogP) is -0.179. The number of tetrazole rings is 1. The van der Waals surface area contributed by atoms with E-state index >= 15 is 0 Å². The van der Waals surface area contributed by atoms with Gasteiger partial charge in [-0.15, -0.1) is 28.2 Å². The third kappa shape index (κ3) is 6.41. The van der Waals surface area contributed by atoms with Gasteiger partial charge in [-0.1, -0.05) is 22.1 Å². The van der Waals surface area contributed by atoms with Gasteiger partial charge in [0.1, 0.15) is 28.9 Å². The number of β-lactam (4-membered cyclic amide) rings is 1. The summed E-state index contributed by atoms with van der Waals surface area (Å²) < 4.78 is 1.08. The first-order chi connectivity index (χ1) is 20.7. The van der Waals surface area contributed by atoms with Gasteiger partial charge < -0.3 is 31.3 Å². The summed E-state index contributed by atoms with van der Waals surface area (Å²) in [6.45, 7) is -0.431. The second-order valence-electron chi connectivity index (χ2n) is 9.40. The Morgan fingerprint density at radius 3 is 2.67 bits per heavy atom. The largest absolute Gasteiger partial charge is 0.477 e. The number of thioether (sulfide) groups is 2. The molecule has 4 heterocycles. The Morgan fingerprint density at radius 2 is 2.02 bits per heavy atom. The molecule has 1 saturated carbocycles. The number of hydrogen-bond donors (Lipinski definition) is 5. The number of hydrogen-bond acceptors (Lipinski definition) is 16. The van der Waals surface area contributed by atoms with Crippen LogP contribution in [0.1, 0.15) is 31.4 Å². The number of carboxylic acid groups (broad SMARTS) is 2. The molecular weight excluding hydrogens is 629 g/mol. The molecule has 18 nitrogen and oxygen atoms in total. The molecule has 1 saturated heterocycles. The maximum atomic E-state index is 13.3. The molecule has 1 aliphatic carbocycles. The van der Waals surface area contributed by atoms with E-state index in [1.807, 2.05) is 0 Å². The van der Waals surface area contributed by atoms with Crippen LogP contribution >= 0.6 is 34.9 Å². The van der Waals surface area contributed by atoms with Crippen LogP contribution in [-0.2, 0) is 30.6 Å². The van der Waals surface area contributed by atoms with Gasteiger partial charge in [0.25, 0.3) is 11.8 Å². The van der Waals surface area contributed by atoms with E-state index in [4.69, 9.17) is 20.9 Å². The molecule has 0 aromatic carbocycles. The van der Waals surface area contributed by atoms with E-state index in [0.29, 0.717) is 5.57 Å². The van der Waals surface area contributed by atoms with Crippen LogP contribution in [0.25, 0.3) is 0 Å². The predicted molar refractivity (Wildman–Crippen MR) is 151 cm³/mol. The Labute approximate surface area is 254 Å². The van der Waals surface area contributed by atoms with Crippen molar-refractivity contribution in [2.45, 2.75) is 54.9 Å². The van der Waals surface area contributed by atoms with Gasteiger partial charge in [-0.05, 0) is 41.7 Å². The minimum atomic E-state index is -1.46. The molecular formula is C22H24N10O8S3. The fraction of sp³-hybridized carbons (Fsp3) is 0.455. The first-order valence-electron chi connectivity index (χ1n) is 12.7. The van der Waals surface area contributed by atoms with E-state index in [1.54, 1.807) is 5.38 Å². The number of aliphatic carboxylic acids is 2. The van der Waals surface area contributed by atoms with Crippen LogP contribution in [0, 0.1) is 0 Å². The van der Waals surface area contributed by atoms with E-state index in [0.717, 1.165) is 58.4 Å². The molecule has 5 rings (SSSR count). The van der Waals surface area contributed by atoms with E-state index in [-0.39, 0.29) is 45.0 Å². The van der Waals surface area contributed by atoms with Crippen molar-refractivity contribution in [3.05, 3.63) is 22.3 Å². The number of carbonyl (C=O) groups is 4. The highest BCUT2D eigenvalue weighted by Crippen LogP contribution is 2.41. The normalized spacial score (nSPS) is 21.0. The number of aromatic nitrogens is 5. The molecule has 2 fully saturated rings. The topological polar surface area (TPSA) is 261 Å². The van der Waals surface area contributed by atoms with Crippen molar-refractivity contribution in [3.63, 3.8) is 0 Å². The molecule has 0 bridgehead atoms. The first kappa shape index (κ1) is 30.2. The highest BCUT2D eigenvalue weighted by Gasteiger charge is 2.54. The van der Waals surface area contributed by atoms with Gasteiger partial charge >= 0.3 is 11.9 Å². The summed E-state index contributed by atoms with van der Waals surface area (Å²) in [5.41, 5.74) is 5.38. The van der Waals surface area contributed by atoms with Gasteiger partial charge in [-0.25, -0.2) is 19.3 Å². The molecule has 2 atom stereocenters. The lowest BCUT2D eigenvalue weighted by atomic mass is 10.0. The Hall–Kier alpha value is -4.24. The van der Waals surface area contributed by atoms with Crippen molar-refractivity contribution in [1.29, 1.82) is 0 Å². The van der Waals surface area contributed by atoms with Gasteiger partial charge in [0.2, 0.25) is 5.16 Å². The second kappa shape index (κ2) is 13.0. The molecule has 0 spiro atoms. The molecule has 2 amide bonds. The number of amides is 2. The van der Waals surface area contributed by atoms with Gasteiger partial charge in [0.05, 0.1) is 6.54 Å². The minimum Gasteiger partial charge on any atom is -0.477 e. The molecule has 0 radical (unpaired) electrons. The van der Waals surface area contributed by atoms with Crippen LogP contribution in [0.3, 0.4) is 0 Å². The summed E-state index contributed by atoms with van der Waals surface area (Å²) in [7, 11) is 0. The number of rotatable bonds is 12. The number of fused-ring (bicyclic) bond motifs is 1. The van der Waals surface area contributed by atoms with E-state index in [1.165, 1.54) is 11.8 Å². The summed E-state index contributed by atoms with van der Waals surface area (Å²) in [4.78, 5) is 60.7. The van der Waals surface area contributed by atoms with Gasteiger partial charge in [-0.3, -0.25) is 14.5 Å². The smallest absolute Gasteiger partial charge is 0.355 e. The van der Waals surface area contributed by atoms with Crippen LogP contribution in [0.15, 0.2) is 32.1 Å². The number of nitrogens with two attached hydrogens (primary N) is 1. The number of nitrogen functional groups attached to an aromatic ring is 1. The lowest BCUT2D eigenvalue weighted by Crippen LogP contribution is -2.71. The minimum absolute atomic E-state index is 0.0573. The third-order valence-electron chi connectivity index (χ3n) is 6.65. The fourth-order valence-corrected chi connectivity index (χ4v) is 7.47. The molecule has 2 aromatic heterocycles. The summed E-state index contributed by atoms with van der Waals surface area (Å²) in [5, 5.41) is 49.6. The summed E-state index contributed by atoms with van der Waals surface area (Å²) in [6, 6.07) is -1.02. The van der Waals surface area contributed by atoms with E-state index < -0.39 is 47.4 Å². The van der Waals surface area contributed by atoms with Crippen molar-refractivity contribution in [2.75, 3.05) is 17.2 Å². The number of carbonyl (C=O) groups excluding carboxylic acids is 2. The Bertz CT molecular complexity index is 1530. The molecule has 2 aliphatic heterocycles. The van der Waals surface area contributed by atoms with Crippen LogP contribution in [0.4, 0.5) is 5.13 Å². The zero-order valence-corrected chi connectivity index (χ0v) is 24.5.